The summed E-state index contributed by atoms with van der Waals surface area (Å²) in [4.78, 5) is 11.7. The summed E-state index contributed by atoms with van der Waals surface area (Å²) in [5, 5.41) is 12.4. The lowest BCUT2D eigenvalue weighted by molar-refractivity contribution is -0.125. The van der Waals surface area contributed by atoms with Crippen LogP contribution in [0.1, 0.15) is 25.3 Å². The maximum atomic E-state index is 11.7. The van der Waals surface area contributed by atoms with Crippen molar-refractivity contribution in [2.24, 2.45) is 11.8 Å². The molecule has 2 rings (SSSR count). The largest absolute Gasteiger partial charge is 0.508 e. The van der Waals surface area contributed by atoms with Gasteiger partial charge in [-0.2, -0.15) is 0 Å². The number of phenols is 1. The SMILES string of the molecule is CC(C(=O)NCc1ccccc1O)C1CC1. The van der Waals surface area contributed by atoms with Crippen LogP contribution in [0.25, 0.3) is 0 Å². The first-order valence-electron chi connectivity index (χ1n) is 5.73. The van der Waals surface area contributed by atoms with Crippen molar-refractivity contribution in [3.8, 4) is 5.75 Å². The van der Waals surface area contributed by atoms with Crippen molar-refractivity contribution < 1.29 is 9.90 Å². The molecule has 1 aliphatic carbocycles. The van der Waals surface area contributed by atoms with Crippen LogP contribution in [0.15, 0.2) is 24.3 Å². The maximum absolute atomic E-state index is 11.7. The van der Waals surface area contributed by atoms with Gasteiger partial charge in [0.05, 0.1) is 0 Å². The molecule has 2 N–H and O–H groups in total. The minimum Gasteiger partial charge on any atom is -0.508 e. The third-order valence-corrected chi connectivity index (χ3v) is 3.19. The highest BCUT2D eigenvalue weighted by atomic mass is 16.3. The average Bonchev–Trinajstić information content (AvgIpc) is 3.10. The Morgan fingerprint density at radius 3 is 2.81 bits per heavy atom. The molecule has 0 aromatic heterocycles. The quantitative estimate of drug-likeness (QED) is 0.814. The zero-order valence-electron chi connectivity index (χ0n) is 9.44. The number of amides is 1. The maximum Gasteiger partial charge on any atom is 0.223 e. The van der Waals surface area contributed by atoms with E-state index in [9.17, 15) is 9.90 Å². The molecule has 1 aromatic rings. The first kappa shape index (κ1) is 11.0. The number of carbonyl (C=O) groups is 1. The fraction of sp³-hybridized carbons (Fsp3) is 0.462. The van der Waals surface area contributed by atoms with Gasteiger partial charge in [-0.05, 0) is 24.8 Å². The van der Waals surface area contributed by atoms with Gasteiger partial charge in [-0.3, -0.25) is 4.79 Å². The number of para-hydroxylation sites is 1. The van der Waals surface area contributed by atoms with Gasteiger partial charge in [0.2, 0.25) is 5.91 Å². The van der Waals surface area contributed by atoms with E-state index in [1.807, 2.05) is 19.1 Å². The van der Waals surface area contributed by atoms with E-state index in [0.29, 0.717) is 12.5 Å². The lowest BCUT2D eigenvalue weighted by atomic mass is 10.1. The van der Waals surface area contributed by atoms with Gasteiger partial charge in [0.1, 0.15) is 5.75 Å². The molecule has 3 nitrogen and oxygen atoms in total. The fourth-order valence-corrected chi connectivity index (χ4v) is 1.81. The van der Waals surface area contributed by atoms with Gasteiger partial charge >= 0.3 is 0 Å². The van der Waals surface area contributed by atoms with E-state index in [-0.39, 0.29) is 17.6 Å². The lowest BCUT2D eigenvalue weighted by Gasteiger charge is -2.11. The molecule has 1 aliphatic rings. The van der Waals surface area contributed by atoms with Crippen LogP contribution in [0.5, 0.6) is 5.75 Å². The number of hydrogen-bond donors (Lipinski definition) is 2. The zero-order chi connectivity index (χ0) is 11.5. The Balaban J connectivity index is 1.87. The first-order valence-corrected chi connectivity index (χ1v) is 5.73. The molecule has 0 saturated heterocycles. The number of carbonyl (C=O) groups excluding carboxylic acids is 1. The summed E-state index contributed by atoms with van der Waals surface area (Å²) in [6.07, 6.45) is 2.34. The second kappa shape index (κ2) is 4.56. The number of hydrogen-bond acceptors (Lipinski definition) is 2. The monoisotopic (exact) mass is 219 g/mol. The third kappa shape index (κ3) is 2.54. The number of phenolic OH excluding ortho intramolecular Hbond substituents is 1. The van der Waals surface area contributed by atoms with Gasteiger partial charge < -0.3 is 10.4 Å². The van der Waals surface area contributed by atoms with E-state index < -0.39 is 0 Å². The molecule has 1 aromatic carbocycles. The smallest absolute Gasteiger partial charge is 0.223 e. The van der Waals surface area contributed by atoms with Crippen LogP contribution in [0.2, 0.25) is 0 Å². The van der Waals surface area contributed by atoms with E-state index in [1.165, 1.54) is 12.8 Å². The summed E-state index contributed by atoms with van der Waals surface area (Å²) < 4.78 is 0. The van der Waals surface area contributed by atoms with Crippen LogP contribution in [0.3, 0.4) is 0 Å². The molecule has 1 fully saturated rings. The van der Waals surface area contributed by atoms with Gasteiger partial charge in [-0.15, -0.1) is 0 Å². The molecule has 16 heavy (non-hydrogen) atoms. The Labute approximate surface area is 95.5 Å². The predicted octanol–water partition coefficient (Wildman–Crippen LogP) is 2.05. The molecule has 0 aliphatic heterocycles. The molecule has 86 valence electrons. The summed E-state index contributed by atoms with van der Waals surface area (Å²) in [5.74, 6) is 1.00. The molecular weight excluding hydrogens is 202 g/mol. The molecule has 1 saturated carbocycles. The van der Waals surface area contributed by atoms with Gasteiger partial charge in [-0.1, -0.05) is 25.1 Å². The highest BCUT2D eigenvalue weighted by Crippen LogP contribution is 2.36. The van der Waals surface area contributed by atoms with Crippen molar-refractivity contribution in [3.05, 3.63) is 29.8 Å². The Morgan fingerprint density at radius 1 is 1.50 bits per heavy atom. The summed E-state index contributed by atoms with van der Waals surface area (Å²) in [6.45, 7) is 2.38. The van der Waals surface area contributed by atoms with Crippen molar-refractivity contribution in [2.45, 2.75) is 26.3 Å². The van der Waals surface area contributed by atoms with E-state index in [1.54, 1.807) is 12.1 Å². The summed E-state index contributed by atoms with van der Waals surface area (Å²) in [6, 6.07) is 7.07. The number of nitrogens with one attached hydrogen (secondary N) is 1. The van der Waals surface area contributed by atoms with E-state index in [4.69, 9.17) is 0 Å². The fourth-order valence-electron chi connectivity index (χ4n) is 1.81. The van der Waals surface area contributed by atoms with Crippen molar-refractivity contribution in [2.75, 3.05) is 0 Å². The average molecular weight is 219 g/mol. The van der Waals surface area contributed by atoms with Gasteiger partial charge in [0.25, 0.3) is 0 Å². The molecule has 1 atom stereocenters. The standard InChI is InChI=1S/C13H17NO2/c1-9(10-6-7-10)13(16)14-8-11-4-2-3-5-12(11)15/h2-5,9-10,15H,6-8H2,1H3,(H,14,16). The second-order valence-electron chi connectivity index (χ2n) is 4.47. The van der Waals surface area contributed by atoms with Crippen LogP contribution in [0, 0.1) is 11.8 Å². The van der Waals surface area contributed by atoms with Crippen molar-refractivity contribution in [3.63, 3.8) is 0 Å². The third-order valence-electron chi connectivity index (χ3n) is 3.19. The Hall–Kier alpha value is -1.51. The number of benzene rings is 1. The molecule has 1 amide bonds. The molecule has 0 radical (unpaired) electrons. The molecule has 0 bridgehead atoms. The van der Waals surface area contributed by atoms with Crippen molar-refractivity contribution in [1.82, 2.24) is 5.32 Å². The highest BCUT2D eigenvalue weighted by Gasteiger charge is 2.32. The summed E-state index contributed by atoms with van der Waals surface area (Å²) in [7, 11) is 0. The summed E-state index contributed by atoms with van der Waals surface area (Å²) >= 11 is 0. The molecule has 3 heteroatoms. The van der Waals surface area contributed by atoms with Crippen LogP contribution in [-0.4, -0.2) is 11.0 Å². The van der Waals surface area contributed by atoms with Gasteiger partial charge in [0, 0.05) is 18.0 Å². The summed E-state index contributed by atoms with van der Waals surface area (Å²) in [5.41, 5.74) is 0.763. The molecule has 1 unspecified atom stereocenters. The van der Waals surface area contributed by atoms with Gasteiger partial charge in [0.15, 0.2) is 0 Å². The minimum absolute atomic E-state index is 0.0887. The van der Waals surface area contributed by atoms with Crippen LogP contribution in [-0.2, 0) is 11.3 Å². The van der Waals surface area contributed by atoms with Crippen molar-refractivity contribution >= 4 is 5.91 Å². The Kier molecular flexibility index (Phi) is 3.13. The number of aromatic hydroxyl groups is 1. The lowest BCUT2D eigenvalue weighted by Crippen LogP contribution is -2.29. The molecule has 0 heterocycles. The Morgan fingerprint density at radius 2 is 2.19 bits per heavy atom. The van der Waals surface area contributed by atoms with Crippen molar-refractivity contribution in [1.29, 1.82) is 0 Å². The zero-order valence-corrected chi connectivity index (χ0v) is 9.44. The van der Waals surface area contributed by atoms with E-state index in [0.717, 1.165) is 5.56 Å². The van der Waals surface area contributed by atoms with Crippen LogP contribution in [0.4, 0.5) is 0 Å². The topological polar surface area (TPSA) is 49.3 Å². The molecule has 0 spiro atoms. The van der Waals surface area contributed by atoms with Crippen LogP contribution < -0.4 is 5.32 Å². The van der Waals surface area contributed by atoms with E-state index >= 15 is 0 Å². The molecular formula is C13H17NO2. The highest BCUT2D eigenvalue weighted by molar-refractivity contribution is 5.78. The van der Waals surface area contributed by atoms with E-state index in [2.05, 4.69) is 5.32 Å². The number of rotatable bonds is 4. The van der Waals surface area contributed by atoms with Gasteiger partial charge in [-0.25, -0.2) is 0 Å². The first-order chi connectivity index (χ1) is 7.68. The second-order valence-corrected chi connectivity index (χ2v) is 4.47. The van der Waals surface area contributed by atoms with Crippen LogP contribution >= 0.6 is 0 Å². The normalized spacial score (nSPS) is 16.8. The Bertz CT molecular complexity index is 385. The minimum atomic E-state index is 0.0887. The predicted molar refractivity (Wildman–Crippen MR) is 61.8 cm³/mol.